The van der Waals surface area contributed by atoms with Crippen LogP contribution < -0.4 is 0 Å². The minimum atomic E-state index is 0.935. The third-order valence-electron chi connectivity index (χ3n) is 0.858. The molecule has 0 aromatic heterocycles. The minimum absolute atomic E-state index is 0.935. The lowest BCUT2D eigenvalue weighted by atomic mass is 10.3. The van der Waals surface area contributed by atoms with Gasteiger partial charge >= 0.3 is 0 Å². The third kappa shape index (κ3) is 0.971. The van der Waals surface area contributed by atoms with Crippen molar-refractivity contribution < 1.29 is 0 Å². The van der Waals surface area contributed by atoms with E-state index in [1.54, 1.807) is 11.8 Å². The second kappa shape index (κ2) is 2.04. The Morgan fingerprint density at radius 3 is 3.00 bits per heavy atom. The van der Waals surface area contributed by atoms with Crippen molar-refractivity contribution >= 4 is 11.8 Å². The molecule has 1 aliphatic heterocycles. The van der Waals surface area contributed by atoms with Gasteiger partial charge in [-0.1, -0.05) is 0 Å². The van der Waals surface area contributed by atoms with Crippen LogP contribution in [0, 0.1) is 11.3 Å². The van der Waals surface area contributed by atoms with E-state index >= 15 is 0 Å². The summed E-state index contributed by atoms with van der Waals surface area (Å²) in [6.45, 7) is 0. The van der Waals surface area contributed by atoms with Crippen LogP contribution in [0.5, 0.6) is 0 Å². The first-order valence-electron chi connectivity index (χ1n) is 2.14. The van der Waals surface area contributed by atoms with Crippen LogP contribution in [0.2, 0.25) is 0 Å². The molecule has 0 unspecified atom stereocenters. The van der Waals surface area contributed by atoms with Gasteiger partial charge in [0, 0.05) is 11.3 Å². The molecule has 0 fully saturated rings. The summed E-state index contributed by atoms with van der Waals surface area (Å²) in [5, 5.41) is 10.2. The van der Waals surface area contributed by atoms with Gasteiger partial charge in [-0.2, -0.15) is 5.26 Å². The van der Waals surface area contributed by atoms with Gasteiger partial charge in [0.05, 0.1) is 6.07 Å². The molecule has 1 nitrogen and oxygen atoms in total. The minimum Gasteiger partial charge on any atom is -0.193 e. The Labute approximate surface area is 47.0 Å². The summed E-state index contributed by atoms with van der Waals surface area (Å²) in [6, 6.07) is 2.10. The summed E-state index contributed by atoms with van der Waals surface area (Å²) in [4.78, 5) is 0. The van der Waals surface area contributed by atoms with Crippen LogP contribution in [0.1, 0.15) is 6.42 Å². The number of allylic oxidation sites excluding steroid dienone is 1. The Kier molecular flexibility index (Phi) is 1.38. The normalized spacial score (nSPS) is 18.4. The zero-order valence-electron chi connectivity index (χ0n) is 3.85. The molecule has 0 saturated heterocycles. The van der Waals surface area contributed by atoms with Gasteiger partial charge in [0.15, 0.2) is 0 Å². The molecule has 1 aliphatic rings. The van der Waals surface area contributed by atoms with E-state index in [1.165, 1.54) is 0 Å². The molecule has 36 valence electrons. The number of nitrogens with zero attached hydrogens (tertiary/aromatic N) is 1. The van der Waals surface area contributed by atoms with Crippen molar-refractivity contribution in [2.24, 2.45) is 0 Å². The first-order chi connectivity index (χ1) is 3.43. The SMILES string of the molecule is N#CC1=CSCC1. The van der Waals surface area contributed by atoms with Crippen LogP contribution in [0.15, 0.2) is 11.0 Å². The zero-order chi connectivity index (χ0) is 5.11. The second-order valence-electron chi connectivity index (χ2n) is 1.38. The molecule has 2 heteroatoms. The highest BCUT2D eigenvalue weighted by Crippen LogP contribution is 2.20. The van der Waals surface area contributed by atoms with E-state index in [1.807, 2.05) is 5.41 Å². The Hall–Kier alpha value is -0.420. The highest BCUT2D eigenvalue weighted by Gasteiger charge is 2.00. The number of thioether (sulfide) groups is 1. The smallest absolute Gasteiger partial charge is 0.0952 e. The van der Waals surface area contributed by atoms with Crippen LogP contribution in [0.4, 0.5) is 0 Å². The Bertz CT molecular complexity index is 132. The molecular formula is C5H5NS. The fraction of sp³-hybridized carbons (Fsp3) is 0.400. The Morgan fingerprint density at radius 2 is 2.71 bits per heavy atom. The van der Waals surface area contributed by atoms with E-state index < -0.39 is 0 Å². The second-order valence-corrected chi connectivity index (χ2v) is 2.35. The molecule has 0 aliphatic carbocycles. The van der Waals surface area contributed by atoms with E-state index in [4.69, 9.17) is 5.26 Å². The van der Waals surface area contributed by atoms with Crippen molar-refractivity contribution in [2.75, 3.05) is 5.75 Å². The topological polar surface area (TPSA) is 23.8 Å². The highest BCUT2D eigenvalue weighted by atomic mass is 32.2. The van der Waals surface area contributed by atoms with Crippen molar-refractivity contribution in [2.45, 2.75) is 6.42 Å². The standard InChI is InChI=1S/C5H5NS/c6-3-5-1-2-7-4-5/h4H,1-2H2. The van der Waals surface area contributed by atoms with E-state index in [0.717, 1.165) is 17.7 Å². The van der Waals surface area contributed by atoms with E-state index in [-0.39, 0.29) is 0 Å². The van der Waals surface area contributed by atoms with Gasteiger partial charge in [-0.25, -0.2) is 0 Å². The molecule has 1 heterocycles. The van der Waals surface area contributed by atoms with Gasteiger partial charge < -0.3 is 0 Å². The lowest BCUT2D eigenvalue weighted by Gasteiger charge is -1.75. The van der Waals surface area contributed by atoms with Crippen LogP contribution in [-0.2, 0) is 0 Å². The fourth-order valence-electron chi connectivity index (χ4n) is 0.470. The van der Waals surface area contributed by atoms with Gasteiger partial charge in [0.25, 0.3) is 0 Å². The molecule has 0 aromatic carbocycles. The quantitative estimate of drug-likeness (QED) is 0.473. The fourth-order valence-corrected chi connectivity index (χ4v) is 1.30. The van der Waals surface area contributed by atoms with Gasteiger partial charge in [-0.3, -0.25) is 0 Å². The average Bonchev–Trinajstić information content (AvgIpc) is 2.14. The van der Waals surface area contributed by atoms with Crippen LogP contribution in [0.25, 0.3) is 0 Å². The molecule has 7 heavy (non-hydrogen) atoms. The van der Waals surface area contributed by atoms with Gasteiger partial charge in [0.2, 0.25) is 0 Å². The summed E-state index contributed by atoms with van der Waals surface area (Å²) >= 11 is 1.72. The molecular weight excluding hydrogens is 106 g/mol. The number of hydrogen-bond donors (Lipinski definition) is 0. The Balaban J connectivity index is 2.57. The molecule has 0 spiro atoms. The summed E-state index contributed by atoms with van der Waals surface area (Å²) in [5.41, 5.74) is 0.935. The zero-order valence-corrected chi connectivity index (χ0v) is 4.66. The lowest BCUT2D eigenvalue weighted by Crippen LogP contribution is -1.69. The van der Waals surface area contributed by atoms with E-state index in [9.17, 15) is 0 Å². The predicted molar refractivity (Wildman–Crippen MR) is 30.8 cm³/mol. The highest BCUT2D eigenvalue weighted by molar-refractivity contribution is 8.02. The number of nitriles is 1. The van der Waals surface area contributed by atoms with Gasteiger partial charge in [0.1, 0.15) is 0 Å². The maximum absolute atomic E-state index is 8.23. The summed E-state index contributed by atoms with van der Waals surface area (Å²) in [6.07, 6.45) is 0.973. The van der Waals surface area contributed by atoms with Gasteiger partial charge in [-0.15, -0.1) is 11.8 Å². The Morgan fingerprint density at radius 1 is 1.86 bits per heavy atom. The van der Waals surface area contributed by atoms with E-state index in [0.29, 0.717) is 0 Å². The van der Waals surface area contributed by atoms with Crippen molar-refractivity contribution in [3.8, 4) is 6.07 Å². The summed E-state index contributed by atoms with van der Waals surface area (Å²) in [7, 11) is 0. The van der Waals surface area contributed by atoms with Crippen molar-refractivity contribution in [3.63, 3.8) is 0 Å². The van der Waals surface area contributed by atoms with Crippen LogP contribution >= 0.6 is 11.8 Å². The maximum atomic E-state index is 8.23. The first kappa shape index (κ1) is 4.73. The number of rotatable bonds is 0. The molecule has 0 N–H and O–H groups in total. The monoisotopic (exact) mass is 111 g/mol. The first-order valence-corrected chi connectivity index (χ1v) is 3.19. The number of hydrogen-bond acceptors (Lipinski definition) is 2. The molecule has 0 aromatic rings. The molecule has 0 atom stereocenters. The summed E-state index contributed by atoms with van der Waals surface area (Å²) < 4.78 is 0. The largest absolute Gasteiger partial charge is 0.193 e. The molecule has 0 saturated carbocycles. The van der Waals surface area contributed by atoms with Crippen LogP contribution in [0.3, 0.4) is 0 Å². The average molecular weight is 111 g/mol. The lowest BCUT2D eigenvalue weighted by molar-refractivity contribution is 1.20. The molecule has 0 bridgehead atoms. The molecule has 0 radical (unpaired) electrons. The third-order valence-corrected chi connectivity index (χ3v) is 1.75. The predicted octanol–water partition coefficient (Wildman–Crippen LogP) is 1.53. The maximum Gasteiger partial charge on any atom is 0.0952 e. The molecule has 0 amide bonds. The summed E-state index contributed by atoms with van der Waals surface area (Å²) in [5.74, 6) is 1.10. The van der Waals surface area contributed by atoms with Crippen molar-refractivity contribution in [3.05, 3.63) is 11.0 Å². The molecule has 1 rings (SSSR count). The van der Waals surface area contributed by atoms with E-state index in [2.05, 4.69) is 6.07 Å². The van der Waals surface area contributed by atoms with Gasteiger partial charge in [-0.05, 0) is 11.8 Å². The van der Waals surface area contributed by atoms with Crippen molar-refractivity contribution in [1.29, 1.82) is 5.26 Å². The van der Waals surface area contributed by atoms with Crippen molar-refractivity contribution in [1.82, 2.24) is 0 Å². The van der Waals surface area contributed by atoms with Crippen LogP contribution in [-0.4, -0.2) is 5.75 Å².